The van der Waals surface area contributed by atoms with E-state index in [1.165, 1.54) is 12.7 Å². The number of oxime groups is 1. The summed E-state index contributed by atoms with van der Waals surface area (Å²) in [6, 6.07) is 15.7. The van der Waals surface area contributed by atoms with Crippen LogP contribution in [0.3, 0.4) is 0 Å². The largest absolute Gasteiger partial charge is 0.390 e. The Morgan fingerprint density at radius 3 is 2.70 bits per heavy atom. The minimum atomic E-state index is -0.190. The molecule has 1 amide bonds. The van der Waals surface area contributed by atoms with E-state index >= 15 is 0 Å². The van der Waals surface area contributed by atoms with E-state index in [-0.39, 0.29) is 18.6 Å². The van der Waals surface area contributed by atoms with Gasteiger partial charge in [0.15, 0.2) is 6.10 Å². The normalized spacial score (nSPS) is 16.0. The number of hydrogen-bond acceptors (Lipinski definition) is 4. The van der Waals surface area contributed by atoms with Crippen molar-refractivity contribution in [2.24, 2.45) is 5.16 Å². The van der Waals surface area contributed by atoms with Crippen molar-refractivity contribution in [2.75, 3.05) is 20.3 Å². The number of nitrogens with zero attached hydrogens (tertiary/aromatic N) is 2. The van der Waals surface area contributed by atoms with Crippen LogP contribution in [0.1, 0.15) is 23.1 Å². The molecule has 0 bridgehead atoms. The molecular formula is C21H23ClN2O3. The Balaban J connectivity index is 1.67. The van der Waals surface area contributed by atoms with Gasteiger partial charge in [-0.05, 0) is 24.1 Å². The smallest absolute Gasteiger partial charge is 0.248 e. The molecule has 3 rings (SSSR count). The molecule has 1 aliphatic heterocycles. The van der Waals surface area contributed by atoms with Crippen molar-refractivity contribution in [1.82, 2.24) is 4.90 Å². The fourth-order valence-electron chi connectivity index (χ4n) is 2.99. The molecule has 2 aromatic carbocycles. The van der Waals surface area contributed by atoms with Gasteiger partial charge in [-0.2, -0.15) is 0 Å². The Labute approximate surface area is 164 Å². The molecule has 0 saturated heterocycles. The SMILES string of the molecule is COCC(=O)N(Cc1ccccc1Cl)C[C@@H]1CC(c2ccc(C)cc2)=NO1. The summed E-state index contributed by atoms with van der Waals surface area (Å²) in [6.45, 7) is 2.89. The van der Waals surface area contributed by atoms with Gasteiger partial charge in [0, 0.05) is 25.1 Å². The standard InChI is InChI=1S/C21H23ClN2O3/c1-15-7-9-16(10-8-15)20-11-18(27-23-20)13-24(21(25)14-26-2)12-17-5-3-4-6-19(17)22/h3-10,18H,11-14H2,1-2H3/t18-/m0/s1. The van der Waals surface area contributed by atoms with Crippen LogP contribution in [0.2, 0.25) is 5.02 Å². The zero-order valence-corrected chi connectivity index (χ0v) is 16.3. The monoisotopic (exact) mass is 386 g/mol. The van der Waals surface area contributed by atoms with E-state index in [2.05, 4.69) is 17.3 Å². The van der Waals surface area contributed by atoms with Crippen LogP contribution in [0.15, 0.2) is 53.7 Å². The molecule has 6 heteroatoms. The van der Waals surface area contributed by atoms with Crippen LogP contribution in [0.4, 0.5) is 0 Å². The van der Waals surface area contributed by atoms with Crippen LogP contribution in [0, 0.1) is 6.92 Å². The van der Waals surface area contributed by atoms with Crippen molar-refractivity contribution in [3.63, 3.8) is 0 Å². The van der Waals surface area contributed by atoms with Crippen LogP contribution in [0.5, 0.6) is 0 Å². The first-order valence-corrected chi connectivity index (χ1v) is 9.24. The van der Waals surface area contributed by atoms with E-state index in [1.807, 2.05) is 43.3 Å². The van der Waals surface area contributed by atoms with Gasteiger partial charge in [-0.15, -0.1) is 0 Å². The lowest BCUT2D eigenvalue weighted by Crippen LogP contribution is -2.39. The molecule has 0 aliphatic carbocycles. The Hall–Kier alpha value is -2.37. The molecule has 0 radical (unpaired) electrons. The summed E-state index contributed by atoms with van der Waals surface area (Å²) >= 11 is 6.26. The second-order valence-corrected chi connectivity index (χ2v) is 7.04. The third-order valence-electron chi connectivity index (χ3n) is 4.48. The van der Waals surface area contributed by atoms with Gasteiger partial charge in [0.25, 0.3) is 0 Å². The highest BCUT2D eigenvalue weighted by molar-refractivity contribution is 6.31. The van der Waals surface area contributed by atoms with Gasteiger partial charge in [0.2, 0.25) is 5.91 Å². The first-order chi connectivity index (χ1) is 13.1. The van der Waals surface area contributed by atoms with Crippen LogP contribution in [0.25, 0.3) is 0 Å². The summed E-state index contributed by atoms with van der Waals surface area (Å²) in [5.41, 5.74) is 4.04. The van der Waals surface area contributed by atoms with Crippen molar-refractivity contribution in [2.45, 2.75) is 26.0 Å². The molecule has 0 aromatic heterocycles. The van der Waals surface area contributed by atoms with Gasteiger partial charge in [-0.3, -0.25) is 4.79 Å². The predicted molar refractivity (Wildman–Crippen MR) is 106 cm³/mol. The Kier molecular flexibility index (Phi) is 6.48. The van der Waals surface area contributed by atoms with Gasteiger partial charge in [-0.1, -0.05) is 64.8 Å². The highest BCUT2D eigenvalue weighted by atomic mass is 35.5. The molecular weight excluding hydrogens is 364 g/mol. The molecule has 142 valence electrons. The number of rotatable bonds is 7. The maximum Gasteiger partial charge on any atom is 0.248 e. The summed E-state index contributed by atoms with van der Waals surface area (Å²) in [5.74, 6) is -0.107. The second kappa shape index (κ2) is 9.02. The number of carbonyl (C=O) groups excluding carboxylic acids is 1. The Morgan fingerprint density at radius 2 is 2.00 bits per heavy atom. The minimum Gasteiger partial charge on any atom is -0.390 e. The zero-order valence-electron chi connectivity index (χ0n) is 15.5. The molecule has 1 aliphatic rings. The molecule has 0 unspecified atom stereocenters. The summed E-state index contributed by atoms with van der Waals surface area (Å²) in [6.07, 6.45) is 0.465. The molecule has 0 saturated carbocycles. The number of carbonyl (C=O) groups is 1. The Bertz CT molecular complexity index is 820. The van der Waals surface area contributed by atoms with Crippen molar-refractivity contribution < 1.29 is 14.4 Å². The van der Waals surface area contributed by atoms with E-state index < -0.39 is 0 Å². The summed E-state index contributed by atoms with van der Waals surface area (Å²) in [5, 5.41) is 4.86. The van der Waals surface area contributed by atoms with Crippen LogP contribution in [-0.2, 0) is 20.9 Å². The number of hydrogen-bond donors (Lipinski definition) is 0. The Morgan fingerprint density at radius 1 is 1.26 bits per heavy atom. The first kappa shape index (κ1) is 19.4. The maximum atomic E-state index is 12.5. The number of methoxy groups -OCH3 is 1. The molecule has 27 heavy (non-hydrogen) atoms. The van der Waals surface area contributed by atoms with Gasteiger partial charge in [0.05, 0.1) is 12.3 Å². The summed E-state index contributed by atoms with van der Waals surface area (Å²) in [4.78, 5) is 19.8. The average Bonchev–Trinajstić information content (AvgIpc) is 3.12. The number of aryl methyl sites for hydroxylation is 1. The number of ether oxygens (including phenoxy) is 1. The van der Waals surface area contributed by atoms with Gasteiger partial charge in [-0.25, -0.2) is 0 Å². The van der Waals surface area contributed by atoms with Crippen molar-refractivity contribution in [3.05, 3.63) is 70.2 Å². The molecule has 5 nitrogen and oxygen atoms in total. The maximum absolute atomic E-state index is 12.5. The lowest BCUT2D eigenvalue weighted by atomic mass is 10.0. The zero-order chi connectivity index (χ0) is 19.2. The minimum absolute atomic E-state index is 0.0167. The van der Waals surface area contributed by atoms with Crippen LogP contribution < -0.4 is 0 Å². The summed E-state index contributed by atoms with van der Waals surface area (Å²) in [7, 11) is 1.51. The molecule has 0 spiro atoms. The van der Waals surface area contributed by atoms with Crippen LogP contribution >= 0.6 is 11.6 Å². The van der Waals surface area contributed by atoms with Crippen molar-refractivity contribution in [1.29, 1.82) is 0 Å². The number of amides is 1. The van der Waals surface area contributed by atoms with Gasteiger partial charge < -0.3 is 14.5 Å². The van der Waals surface area contributed by atoms with E-state index in [4.69, 9.17) is 21.2 Å². The summed E-state index contributed by atoms with van der Waals surface area (Å²) < 4.78 is 5.02. The fourth-order valence-corrected chi connectivity index (χ4v) is 3.19. The number of benzene rings is 2. The highest BCUT2D eigenvalue weighted by Crippen LogP contribution is 2.21. The highest BCUT2D eigenvalue weighted by Gasteiger charge is 2.27. The van der Waals surface area contributed by atoms with E-state index in [9.17, 15) is 4.79 Å². The van der Waals surface area contributed by atoms with Gasteiger partial charge in [0.1, 0.15) is 6.61 Å². The lowest BCUT2D eigenvalue weighted by Gasteiger charge is -2.25. The van der Waals surface area contributed by atoms with Crippen LogP contribution in [-0.4, -0.2) is 42.9 Å². The molecule has 1 atom stereocenters. The average molecular weight is 387 g/mol. The molecule has 0 N–H and O–H groups in total. The second-order valence-electron chi connectivity index (χ2n) is 6.63. The van der Waals surface area contributed by atoms with Crippen molar-refractivity contribution in [3.8, 4) is 0 Å². The van der Waals surface area contributed by atoms with E-state index in [0.717, 1.165) is 16.8 Å². The quantitative estimate of drug-likeness (QED) is 0.726. The fraction of sp³-hybridized carbons (Fsp3) is 0.333. The molecule has 1 heterocycles. The third kappa shape index (κ3) is 5.08. The third-order valence-corrected chi connectivity index (χ3v) is 4.85. The van der Waals surface area contributed by atoms with Gasteiger partial charge >= 0.3 is 0 Å². The molecule has 2 aromatic rings. The topological polar surface area (TPSA) is 51.1 Å². The lowest BCUT2D eigenvalue weighted by molar-refractivity contribution is -0.137. The van der Waals surface area contributed by atoms with E-state index in [0.29, 0.717) is 24.5 Å². The first-order valence-electron chi connectivity index (χ1n) is 8.86. The van der Waals surface area contributed by atoms with Crippen molar-refractivity contribution >= 4 is 23.2 Å². The van der Waals surface area contributed by atoms with E-state index in [1.54, 1.807) is 4.90 Å². The molecule has 0 fully saturated rings. The number of halogens is 1. The predicted octanol–water partition coefficient (Wildman–Crippen LogP) is 3.82.